The minimum atomic E-state index is -3.84. The van der Waals surface area contributed by atoms with Gasteiger partial charge >= 0.3 is 0 Å². The first-order valence-electron chi connectivity index (χ1n) is 6.36. The zero-order valence-electron chi connectivity index (χ0n) is 11.8. The molecule has 0 amide bonds. The summed E-state index contributed by atoms with van der Waals surface area (Å²) in [4.78, 5) is 11.2. The molecule has 0 aliphatic carbocycles. The van der Waals surface area contributed by atoms with Crippen molar-refractivity contribution in [1.29, 1.82) is 0 Å². The molecule has 9 heteroatoms. The number of hydrogen-bond acceptors (Lipinski definition) is 5. The molecule has 0 atom stereocenters. The fraction of sp³-hybridized carbons (Fsp3) is 0.333. The van der Waals surface area contributed by atoms with Crippen molar-refractivity contribution in [2.75, 3.05) is 10.5 Å². The van der Waals surface area contributed by atoms with Crippen LogP contribution in [0.3, 0.4) is 0 Å². The summed E-state index contributed by atoms with van der Waals surface area (Å²) in [6, 6.07) is 2.67. The second kappa shape index (κ2) is 5.60. The molecule has 3 N–H and O–H groups in total. The van der Waals surface area contributed by atoms with Gasteiger partial charge in [0.1, 0.15) is 4.90 Å². The SMILES string of the molecule is CCCn1cc(S(=O)(=O)Nc2ccc(=O)n(C)c2)c(N)n1. The molecule has 0 unspecified atom stereocenters. The van der Waals surface area contributed by atoms with Crippen molar-refractivity contribution in [3.8, 4) is 0 Å². The molecule has 0 aliphatic heterocycles. The molecule has 0 radical (unpaired) electrons. The van der Waals surface area contributed by atoms with Crippen molar-refractivity contribution in [2.24, 2.45) is 7.05 Å². The highest BCUT2D eigenvalue weighted by Crippen LogP contribution is 2.19. The first kappa shape index (κ1) is 15.1. The van der Waals surface area contributed by atoms with Gasteiger partial charge in [-0.2, -0.15) is 5.10 Å². The Kier molecular flexibility index (Phi) is 4.03. The third-order valence-corrected chi connectivity index (χ3v) is 4.23. The Labute approximate surface area is 122 Å². The maximum Gasteiger partial charge on any atom is 0.267 e. The third kappa shape index (κ3) is 3.24. The number of nitrogens with zero attached hydrogens (tertiary/aromatic N) is 3. The van der Waals surface area contributed by atoms with Gasteiger partial charge in [-0.05, 0) is 12.5 Å². The number of nitrogens with two attached hydrogens (primary N) is 1. The number of hydrogen-bond donors (Lipinski definition) is 2. The van der Waals surface area contributed by atoms with Crippen LogP contribution in [0.4, 0.5) is 11.5 Å². The lowest BCUT2D eigenvalue weighted by atomic mass is 10.4. The Morgan fingerprint density at radius 2 is 2.05 bits per heavy atom. The van der Waals surface area contributed by atoms with Crippen molar-refractivity contribution in [3.63, 3.8) is 0 Å². The predicted octanol–water partition coefficient (Wildman–Crippen LogP) is 0.375. The third-order valence-electron chi connectivity index (χ3n) is 2.84. The van der Waals surface area contributed by atoms with E-state index in [2.05, 4.69) is 9.82 Å². The molecule has 2 aromatic heterocycles. The maximum absolute atomic E-state index is 12.3. The average molecular weight is 311 g/mol. The summed E-state index contributed by atoms with van der Waals surface area (Å²) in [7, 11) is -2.31. The molecule has 0 fully saturated rings. The molecule has 0 spiro atoms. The fourth-order valence-corrected chi connectivity index (χ4v) is 2.95. The van der Waals surface area contributed by atoms with E-state index in [4.69, 9.17) is 5.73 Å². The number of pyridine rings is 1. The van der Waals surface area contributed by atoms with Crippen LogP contribution >= 0.6 is 0 Å². The molecule has 0 saturated heterocycles. The van der Waals surface area contributed by atoms with Gasteiger partial charge in [0.2, 0.25) is 5.56 Å². The van der Waals surface area contributed by atoms with Crippen molar-refractivity contribution in [3.05, 3.63) is 34.9 Å². The second-order valence-electron chi connectivity index (χ2n) is 4.61. The van der Waals surface area contributed by atoms with Crippen LogP contribution in [0.2, 0.25) is 0 Å². The fourth-order valence-electron chi connectivity index (χ4n) is 1.83. The zero-order chi connectivity index (χ0) is 15.6. The molecule has 2 heterocycles. The summed E-state index contributed by atoms with van der Waals surface area (Å²) < 4.78 is 29.8. The van der Waals surface area contributed by atoms with E-state index in [9.17, 15) is 13.2 Å². The Bertz CT molecular complexity index is 807. The van der Waals surface area contributed by atoms with E-state index in [1.165, 1.54) is 40.8 Å². The normalized spacial score (nSPS) is 11.5. The highest BCUT2D eigenvalue weighted by molar-refractivity contribution is 7.92. The molecule has 21 heavy (non-hydrogen) atoms. The quantitative estimate of drug-likeness (QED) is 0.828. The van der Waals surface area contributed by atoms with Gasteiger partial charge in [0.05, 0.1) is 5.69 Å². The van der Waals surface area contributed by atoms with Crippen molar-refractivity contribution in [2.45, 2.75) is 24.8 Å². The zero-order valence-corrected chi connectivity index (χ0v) is 12.6. The molecule has 114 valence electrons. The summed E-state index contributed by atoms with van der Waals surface area (Å²) >= 11 is 0. The second-order valence-corrected chi connectivity index (χ2v) is 6.26. The van der Waals surface area contributed by atoms with Gasteiger partial charge in [-0.3, -0.25) is 14.2 Å². The Morgan fingerprint density at radius 1 is 1.33 bits per heavy atom. The first-order chi connectivity index (χ1) is 9.83. The van der Waals surface area contributed by atoms with E-state index in [1.54, 1.807) is 0 Å². The molecule has 0 aromatic carbocycles. The molecule has 0 bridgehead atoms. The minimum Gasteiger partial charge on any atom is -0.381 e. The van der Waals surface area contributed by atoms with Gasteiger partial charge in [-0.1, -0.05) is 6.92 Å². The van der Waals surface area contributed by atoms with Crippen LogP contribution in [0.5, 0.6) is 0 Å². The van der Waals surface area contributed by atoms with E-state index >= 15 is 0 Å². The molecule has 0 aliphatic rings. The van der Waals surface area contributed by atoms with Gasteiger partial charge in [0.25, 0.3) is 10.0 Å². The van der Waals surface area contributed by atoms with Crippen LogP contribution in [0.25, 0.3) is 0 Å². The highest BCUT2D eigenvalue weighted by atomic mass is 32.2. The Hall–Kier alpha value is -2.29. The van der Waals surface area contributed by atoms with E-state index in [1.807, 2.05) is 6.92 Å². The van der Waals surface area contributed by atoms with Crippen LogP contribution in [0, 0.1) is 0 Å². The summed E-state index contributed by atoms with van der Waals surface area (Å²) in [5, 5.41) is 3.96. The van der Waals surface area contributed by atoms with Gasteiger partial charge in [-0.25, -0.2) is 8.42 Å². The van der Waals surface area contributed by atoms with Crippen molar-refractivity contribution in [1.82, 2.24) is 14.3 Å². The highest BCUT2D eigenvalue weighted by Gasteiger charge is 2.21. The monoisotopic (exact) mass is 311 g/mol. The molecular formula is C12H17N5O3S. The molecule has 0 saturated carbocycles. The first-order valence-corrected chi connectivity index (χ1v) is 7.84. The predicted molar refractivity (Wildman–Crippen MR) is 79.4 cm³/mol. The van der Waals surface area contributed by atoms with Gasteiger partial charge in [0.15, 0.2) is 5.82 Å². The number of aryl methyl sites for hydroxylation is 2. The van der Waals surface area contributed by atoms with Crippen LogP contribution < -0.4 is 16.0 Å². The van der Waals surface area contributed by atoms with Crippen LogP contribution in [0.1, 0.15) is 13.3 Å². The van der Waals surface area contributed by atoms with E-state index < -0.39 is 10.0 Å². The number of sulfonamides is 1. The van der Waals surface area contributed by atoms with Gasteiger partial charge in [-0.15, -0.1) is 0 Å². The topological polar surface area (TPSA) is 112 Å². The van der Waals surface area contributed by atoms with Crippen LogP contribution in [-0.4, -0.2) is 22.8 Å². The standard InChI is InChI=1S/C12H17N5O3S/c1-3-6-17-8-10(12(13)14-17)21(19,20)15-9-4-5-11(18)16(2)7-9/h4-5,7-8,15H,3,6H2,1-2H3,(H2,13,14). The van der Waals surface area contributed by atoms with Crippen molar-refractivity contribution >= 4 is 21.5 Å². The summed E-state index contributed by atoms with van der Waals surface area (Å²) in [6.45, 7) is 2.54. The number of anilines is 2. The lowest BCUT2D eigenvalue weighted by molar-refractivity contribution is 0.595. The minimum absolute atomic E-state index is 0.0548. The molecular weight excluding hydrogens is 294 g/mol. The Morgan fingerprint density at radius 3 is 2.67 bits per heavy atom. The number of rotatable bonds is 5. The van der Waals surface area contributed by atoms with E-state index in [0.29, 0.717) is 6.54 Å². The summed E-state index contributed by atoms with van der Waals surface area (Å²) in [5.74, 6) is -0.0548. The lowest BCUT2D eigenvalue weighted by Gasteiger charge is -2.07. The van der Waals surface area contributed by atoms with Gasteiger partial charge < -0.3 is 10.3 Å². The number of nitrogen functional groups attached to an aromatic ring is 1. The van der Waals surface area contributed by atoms with Crippen LogP contribution in [-0.2, 0) is 23.6 Å². The summed E-state index contributed by atoms with van der Waals surface area (Å²) in [6.07, 6.45) is 3.60. The number of nitrogens with one attached hydrogen (secondary N) is 1. The van der Waals surface area contributed by atoms with E-state index in [-0.39, 0.29) is 22.0 Å². The van der Waals surface area contributed by atoms with Crippen molar-refractivity contribution < 1.29 is 8.42 Å². The largest absolute Gasteiger partial charge is 0.381 e. The average Bonchev–Trinajstić information content (AvgIpc) is 2.76. The smallest absolute Gasteiger partial charge is 0.267 e. The summed E-state index contributed by atoms with van der Waals surface area (Å²) in [5.41, 5.74) is 5.71. The van der Waals surface area contributed by atoms with E-state index in [0.717, 1.165) is 6.42 Å². The molecule has 2 aromatic rings. The number of aromatic nitrogens is 3. The lowest BCUT2D eigenvalue weighted by Crippen LogP contribution is -2.18. The van der Waals surface area contributed by atoms with Gasteiger partial charge in [0, 0.05) is 32.1 Å². The molecule has 8 nitrogen and oxygen atoms in total. The Balaban J connectivity index is 2.33. The van der Waals surface area contributed by atoms with Crippen LogP contribution in [0.15, 0.2) is 34.2 Å². The molecule has 2 rings (SSSR count). The maximum atomic E-state index is 12.3.